The Morgan fingerprint density at radius 1 is 1.42 bits per heavy atom. The molecular weight excluding hydrogens is 262 g/mol. The fraction of sp³-hybridized carbons (Fsp3) is 0.600. The summed E-state index contributed by atoms with van der Waals surface area (Å²) in [4.78, 5) is 2.07. The van der Waals surface area contributed by atoms with E-state index in [4.69, 9.17) is 16.3 Å². The molecule has 0 aliphatic heterocycles. The number of aliphatic hydroxyl groups is 1. The lowest BCUT2D eigenvalue weighted by molar-refractivity contribution is 0.0795. The molecule has 0 saturated heterocycles. The second-order valence-electron chi connectivity index (χ2n) is 5.32. The first-order valence-corrected chi connectivity index (χ1v) is 7.23. The van der Waals surface area contributed by atoms with Crippen molar-refractivity contribution < 1.29 is 9.84 Å². The molecule has 0 radical (unpaired) electrons. The number of aliphatic hydroxyl groups excluding tert-OH is 1. The summed E-state index contributed by atoms with van der Waals surface area (Å²) < 4.78 is 5.59. The Kier molecular flexibility index (Phi) is 5.64. The molecule has 19 heavy (non-hydrogen) atoms. The van der Waals surface area contributed by atoms with E-state index in [1.165, 1.54) is 12.8 Å². The minimum absolute atomic E-state index is 0.554. The van der Waals surface area contributed by atoms with E-state index in [0.29, 0.717) is 11.6 Å². The SMILES string of the molecule is CN(CCOCC1CC1)CC(O)c1ccccc1Cl. The second-order valence-corrected chi connectivity index (χ2v) is 5.73. The van der Waals surface area contributed by atoms with E-state index in [9.17, 15) is 5.11 Å². The van der Waals surface area contributed by atoms with Crippen LogP contribution >= 0.6 is 11.6 Å². The molecule has 0 bridgehead atoms. The fourth-order valence-electron chi connectivity index (χ4n) is 1.99. The zero-order chi connectivity index (χ0) is 13.7. The van der Waals surface area contributed by atoms with Crippen molar-refractivity contribution in [1.82, 2.24) is 4.90 Å². The molecule has 4 heteroatoms. The zero-order valence-electron chi connectivity index (χ0n) is 11.4. The lowest BCUT2D eigenvalue weighted by Gasteiger charge is -2.21. The number of hydrogen-bond acceptors (Lipinski definition) is 3. The molecule has 3 nitrogen and oxygen atoms in total. The van der Waals surface area contributed by atoms with Crippen molar-refractivity contribution >= 4 is 11.6 Å². The molecule has 1 unspecified atom stereocenters. The molecule has 1 aromatic carbocycles. The number of likely N-dealkylation sites (N-methyl/N-ethyl adjacent to an activating group) is 1. The van der Waals surface area contributed by atoms with E-state index >= 15 is 0 Å². The van der Waals surface area contributed by atoms with Crippen molar-refractivity contribution in [2.75, 3.05) is 33.4 Å². The first-order chi connectivity index (χ1) is 9.16. The zero-order valence-corrected chi connectivity index (χ0v) is 12.1. The summed E-state index contributed by atoms with van der Waals surface area (Å²) in [5.74, 6) is 0.805. The van der Waals surface area contributed by atoms with E-state index in [1.54, 1.807) is 6.07 Å². The molecule has 1 fully saturated rings. The van der Waals surface area contributed by atoms with Crippen molar-refractivity contribution in [3.63, 3.8) is 0 Å². The van der Waals surface area contributed by atoms with E-state index in [-0.39, 0.29) is 0 Å². The summed E-state index contributed by atoms with van der Waals surface area (Å²) in [6.45, 7) is 3.01. The van der Waals surface area contributed by atoms with E-state index < -0.39 is 6.10 Å². The van der Waals surface area contributed by atoms with Gasteiger partial charge >= 0.3 is 0 Å². The standard InChI is InChI=1S/C15H22ClNO2/c1-17(8-9-19-11-12-6-7-12)10-15(18)13-4-2-3-5-14(13)16/h2-5,12,15,18H,6-11H2,1H3. The molecule has 0 spiro atoms. The molecule has 1 atom stereocenters. The van der Waals surface area contributed by atoms with Gasteiger partial charge in [-0.2, -0.15) is 0 Å². The van der Waals surface area contributed by atoms with E-state index in [2.05, 4.69) is 4.90 Å². The minimum atomic E-state index is -0.554. The van der Waals surface area contributed by atoms with Gasteiger partial charge in [0.2, 0.25) is 0 Å². The summed E-state index contributed by atoms with van der Waals surface area (Å²) in [5, 5.41) is 10.8. The number of rotatable bonds is 8. The van der Waals surface area contributed by atoms with Crippen LogP contribution in [0, 0.1) is 5.92 Å². The predicted octanol–water partition coefficient (Wildman–Crippen LogP) is 2.73. The van der Waals surface area contributed by atoms with Gasteiger partial charge in [0, 0.05) is 30.3 Å². The number of nitrogens with zero attached hydrogens (tertiary/aromatic N) is 1. The smallest absolute Gasteiger partial charge is 0.0931 e. The maximum atomic E-state index is 10.2. The maximum absolute atomic E-state index is 10.2. The quantitative estimate of drug-likeness (QED) is 0.745. The van der Waals surface area contributed by atoms with Gasteiger partial charge in [0.25, 0.3) is 0 Å². The van der Waals surface area contributed by atoms with Crippen LogP contribution in [0.1, 0.15) is 24.5 Å². The molecule has 106 valence electrons. The highest BCUT2D eigenvalue weighted by atomic mass is 35.5. The van der Waals surface area contributed by atoms with E-state index in [0.717, 1.165) is 31.2 Å². The van der Waals surface area contributed by atoms with Crippen molar-refractivity contribution in [3.8, 4) is 0 Å². The Balaban J connectivity index is 1.68. The van der Waals surface area contributed by atoms with Crippen LogP contribution < -0.4 is 0 Å². The van der Waals surface area contributed by atoms with Gasteiger partial charge in [0.1, 0.15) is 0 Å². The van der Waals surface area contributed by atoms with Gasteiger partial charge in [-0.15, -0.1) is 0 Å². The highest BCUT2D eigenvalue weighted by molar-refractivity contribution is 6.31. The lowest BCUT2D eigenvalue weighted by Crippen LogP contribution is -2.28. The van der Waals surface area contributed by atoms with Crippen molar-refractivity contribution in [3.05, 3.63) is 34.9 Å². The molecular formula is C15H22ClNO2. The van der Waals surface area contributed by atoms with Crippen molar-refractivity contribution in [1.29, 1.82) is 0 Å². The molecule has 0 heterocycles. The monoisotopic (exact) mass is 283 g/mol. The Morgan fingerprint density at radius 2 is 2.16 bits per heavy atom. The Bertz CT molecular complexity index is 395. The number of ether oxygens (including phenoxy) is 1. The average Bonchev–Trinajstić information content (AvgIpc) is 3.19. The van der Waals surface area contributed by atoms with Gasteiger partial charge in [0.15, 0.2) is 0 Å². The third-order valence-corrected chi connectivity index (χ3v) is 3.76. The molecule has 0 amide bonds. The summed E-state index contributed by atoms with van der Waals surface area (Å²) in [5.41, 5.74) is 0.787. The first-order valence-electron chi connectivity index (χ1n) is 6.85. The van der Waals surface area contributed by atoms with Crippen LogP contribution in [-0.4, -0.2) is 43.4 Å². The summed E-state index contributed by atoms with van der Waals surface area (Å²) in [6, 6.07) is 7.43. The molecule has 1 aliphatic carbocycles. The third kappa shape index (κ3) is 5.11. The van der Waals surface area contributed by atoms with Gasteiger partial charge in [-0.1, -0.05) is 29.8 Å². The van der Waals surface area contributed by atoms with Crippen LogP contribution in [0.3, 0.4) is 0 Å². The predicted molar refractivity (Wildman–Crippen MR) is 77.5 cm³/mol. The number of halogens is 1. The lowest BCUT2D eigenvalue weighted by atomic mass is 10.1. The molecule has 1 aliphatic rings. The van der Waals surface area contributed by atoms with E-state index in [1.807, 2.05) is 25.2 Å². The second kappa shape index (κ2) is 7.25. The molecule has 2 rings (SSSR count). The molecule has 1 saturated carbocycles. The van der Waals surface area contributed by atoms with Gasteiger partial charge in [0.05, 0.1) is 12.7 Å². The summed E-state index contributed by atoms with van der Waals surface area (Å²) in [7, 11) is 1.99. The largest absolute Gasteiger partial charge is 0.387 e. The average molecular weight is 284 g/mol. The summed E-state index contributed by atoms with van der Waals surface area (Å²) >= 11 is 6.07. The number of benzene rings is 1. The number of hydrogen-bond donors (Lipinski definition) is 1. The Hall–Kier alpha value is -0.610. The van der Waals surface area contributed by atoms with Gasteiger partial charge < -0.3 is 14.7 Å². The fourth-order valence-corrected chi connectivity index (χ4v) is 2.25. The van der Waals surface area contributed by atoms with Crippen LogP contribution in [0.5, 0.6) is 0 Å². The first kappa shape index (κ1) is 14.8. The molecule has 1 N–H and O–H groups in total. The van der Waals surface area contributed by atoms with Crippen LogP contribution in [0.4, 0.5) is 0 Å². The Labute approximate surface area is 120 Å². The Morgan fingerprint density at radius 3 is 2.84 bits per heavy atom. The highest BCUT2D eigenvalue weighted by Crippen LogP contribution is 2.28. The molecule has 1 aromatic rings. The van der Waals surface area contributed by atoms with Crippen molar-refractivity contribution in [2.24, 2.45) is 5.92 Å². The van der Waals surface area contributed by atoms with Gasteiger partial charge in [-0.3, -0.25) is 0 Å². The highest BCUT2D eigenvalue weighted by Gasteiger charge is 2.21. The van der Waals surface area contributed by atoms with Crippen LogP contribution in [0.2, 0.25) is 5.02 Å². The maximum Gasteiger partial charge on any atom is 0.0931 e. The van der Waals surface area contributed by atoms with Gasteiger partial charge in [-0.05, 0) is 31.9 Å². The third-order valence-electron chi connectivity index (χ3n) is 3.42. The van der Waals surface area contributed by atoms with Crippen LogP contribution in [-0.2, 0) is 4.74 Å². The van der Waals surface area contributed by atoms with Crippen LogP contribution in [0.25, 0.3) is 0 Å². The topological polar surface area (TPSA) is 32.7 Å². The summed E-state index contributed by atoms with van der Waals surface area (Å²) in [6.07, 6.45) is 2.09. The molecule has 0 aromatic heterocycles. The van der Waals surface area contributed by atoms with Gasteiger partial charge in [-0.25, -0.2) is 0 Å². The van der Waals surface area contributed by atoms with Crippen molar-refractivity contribution in [2.45, 2.75) is 18.9 Å². The minimum Gasteiger partial charge on any atom is -0.387 e. The normalized spacial score (nSPS) is 16.8. The van der Waals surface area contributed by atoms with Crippen LogP contribution in [0.15, 0.2) is 24.3 Å².